The highest BCUT2D eigenvalue weighted by Crippen LogP contribution is 2.27. The minimum Gasteiger partial charge on any atom is -0.332 e. The molecule has 0 unspecified atom stereocenters. The van der Waals surface area contributed by atoms with Crippen molar-refractivity contribution in [2.45, 2.75) is 19.4 Å². The van der Waals surface area contributed by atoms with Crippen LogP contribution in [0, 0.1) is 17.8 Å². The fraction of sp³-hybridized carbons (Fsp3) is 0.190. The predicted molar refractivity (Wildman–Crippen MR) is 97.9 cm³/mol. The zero-order chi connectivity index (χ0) is 17.8. The van der Waals surface area contributed by atoms with Crippen LogP contribution in [0.15, 0.2) is 65.2 Å². The van der Waals surface area contributed by atoms with E-state index in [1.807, 2.05) is 60.7 Å². The smallest absolute Gasteiger partial charge is 0.305 e. The number of hydrogen-bond donors (Lipinski definition) is 0. The zero-order valence-electron chi connectivity index (χ0n) is 14.1. The van der Waals surface area contributed by atoms with Gasteiger partial charge in [0.2, 0.25) is 0 Å². The minimum atomic E-state index is -0.318. The van der Waals surface area contributed by atoms with Crippen molar-refractivity contribution < 1.29 is 9.32 Å². The number of anilines is 1. The van der Waals surface area contributed by atoms with Crippen LogP contribution >= 0.6 is 0 Å². The van der Waals surface area contributed by atoms with Gasteiger partial charge in [0.05, 0.1) is 6.54 Å². The van der Waals surface area contributed by atoms with Gasteiger partial charge in [-0.3, -0.25) is 9.69 Å². The highest BCUT2D eigenvalue weighted by molar-refractivity contribution is 6.04. The second kappa shape index (κ2) is 7.24. The van der Waals surface area contributed by atoms with E-state index in [-0.39, 0.29) is 11.9 Å². The maximum Gasteiger partial charge on any atom is 0.305 e. The molecule has 2 aromatic carbocycles. The van der Waals surface area contributed by atoms with E-state index in [9.17, 15) is 4.79 Å². The average Bonchev–Trinajstić information content (AvgIpc) is 3.40. The third kappa shape index (κ3) is 3.81. The third-order valence-corrected chi connectivity index (χ3v) is 4.07. The van der Waals surface area contributed by atoms with E-state index >= 15 is 0 Å². The fourth-order valence-electron chi connectivity index (χ4n) is 2.48. The number of rotatable bonds is 4. The second-order valence-corrected chi connectivity index (χ2v) is 6.19. The van der Waals surface area contributed by atoms with Crippen LogP contribution in [0.4, 0.5) is 5.95 Å². The summed E-state index contributed by atoms with van der Waals surface area (Å²) in [6, 6.07) is 19.2. The van der Waals surface area contributed by atoms with E-state index in [1.165, 1.54) is 4.90 Å². The number of aromatic nitrogens is 2. The summed E-state index contributed by atoms with van der Waals surface area (Å²) in [5.74, 6) is 6.36. The molecule has 5 nitrogen and oxygen atoms in total. The van der Waals surface area contributed by atoms with E-state index in [0.717, 1.165) is 24.0 Å². The van der Waals surface area contributed by atoms with Crippen LogP contribution in [0.25, 0.3) is 11.5 Å². The SMILES string of the molecule is O=C(C#CC1CC1)N(Cc1ccccc1)c1noc(-c2ccccc2)n1. The molecule has 1 saturated carbocycles. The molecule has 0 aliphatic heterocycles. The molecule has 0 radical (unpaired) electrons. The average molecular weight is 343 g/mol. The molecule has 0 spiro atoms. The van der Waals surface area contributed by atoms with Gasteiger partial charge in [-0.05, 0) is 41.6 Å². The van der Waals surface area contributed by atoms with Gasteiger partial charge in [-0.25, -0.2) is 0 Å². The molecular weight excluding hydrogens is 326 g/mol. The summed E-state index contributed by atoms with van der Waals surface area (Å²) in [5, 5.41) is 4.00. The third-order valence-electron chi connectivity index (χ3n) is 4.07. The second-order valence-electron chi connectivity index (χ2n) is 6.19. The van der Waals surface area contributed by atoms with Gasteiger partial charge in [0.15, 0.2) is 0 Å². The Bertz CT molecular complexity index is 951. The maximum atomic E-state index is 12.7. The summed E-state index contributed by atoms with van der Waals surface area (Å²) >= 11 is 0. The normalized spacial score (nSPS) is 12.9. The highest BCUT2D eigenvalue weighted by Gasteiger charge is 2.23. The first-order valence-electron chi connectivity index (χ1n) is 8.56. The molecule has 26 heavy (non-hydrogen) atoms. The molecule has 5 heteroatoms. The summed E-state index contributed by atoms with van der Waals surface area (Å²) in [6.07, 6.45) is 2.14. The Morgan fingerprint density at radius 1 is 1.08 bits per heavy atom. The molecule has 1 amide bonds. The quantitative estimate of drug-likeness (QED) is 0.678. The van der Waals surface area contributed by atoms with Crippen LogP contribution in [0.5, 0.6) is 0 Å². The summed E-state index contributed by atoms with van der Waals surface area (Å²) in [4.78, 5) is 18.5. The Hall–Kier alpha value is -3.39. The molecule has 0 atom stereocenters. The first-order chi connectivity index (χ1) is 12.8. The van der Waals surface area contributed by atoms with Crippen LogP contribution in [-0.4, -0.2) is 16.0 Å². The van der Waals surface area contributed by atoms with Crippen LogP contribution in [-0.2, 0) is 11.3 Å². The molecule has 1 aliphatic carbocycles. The molecule has 1 fully saturated rings. The van der Waals surface area contributed by atoms with Crippen LogP contribution in [0.2, 0.25) is 0 Å². The molecular formula is C21H17N3O2. The fourth-order valence-corrected chi connectivity index (χ4v) is 2.48. The molecule has 4 rings (SSSR count). The van der Waals surface area contributed by atoms with E-state index in [2.05, 4.69) is 22.0 Å². The minimum absolute atomic E-state index is 0.225. The number of hydrogen-bond acceptors (Lipinski definition) is 4. The van der Waals surface area contributed by atoms with Crippen molar-refractivity contribution in [2.75, 3.05) is 4.90 Å². The lowest BCUT2D eigenvalue weighted by Crippen LogP contribution is -2.30. The Balaban J connectivity index is 1.63. The van der Waals surface area contributed by atoms with Gasteiger partial charge in [0, 0.05) is 11.5 Å². The molecule has 1 aromatic heterocycles. The monoisotopic (exact) mass is 343 g/mol. The van der Waals surface area contributed by atoms with Crippen molar-refractivity contribution in [3.05, 3.63) is 66.2 Å². The molecule has 0 bridgehead atoms. The van der Waals surface area contributed by atoms with E-state index in [0.29, 0.717) is 18.4 Å². The molecule has 1 heterocycles. The number of carbonyl (C=O) groups is 1. The lowest BCUT2D eigenvalue weighted by Gasteiger charge is -2.15. The van der Waals surface area contributed by atoms with Crippen LogP contribution < -0.4 is 4.90 Å². The van der Waals surface area contributed by atoms with Crippen LogP contribution in [0.3, 0.4) is 0 Å². The largest absolute Gasteiger partial charge is 0.332 e. The van der Waals surface area contributed by atoms with Gasteiger partial charge in [-0.15, -0.1) is 0 Å². The number of carbonyl (C=O) groups excluding carboxylic acids is 1. The molecule has 1 aliphatic rings. The lowest BCUT2D eigenvalue weighted by molar-refractivity contribution is -0.113. The Kier molecular flexibility index (Phi) is 4.48. The van der Waals surface area contributed by atoms with E-state index in [1.54, 1.807) is 0 Å². The summed E-state index contributed by atoms with van der Waals surface area (Å²) in [7, 11) is 0. The first kappa shape index (κ1) is 16.1. The van der Waals surface area contributed by atoms with Gasteiger partial charge in [0.25, 0.3) is 11.8 Å². The van der Waals surface area contributed by atoms with Crippen molar-refractivity contribution in [3.63, 3.8) is 0 Å². The van der Waals surface area contributed by atoms with Crippen LogP contribution in [0.1, 0.15) is 18.4 Å². The van der Waals surface area contributed by atoms with Gasteiger partial charge >= 0.3 is 5.91 Å². The molecule has 0 N–H and O–H groups in total. The van der Waals surface area contributed by atoms with Crippen molar-refractivity contribution in [1.29, 1.82) is 0 Å². The van der Waals surface area contributed by atoms with Gasteiger partial charge in [0.1, 0.15) is 0 Å². The highest BCUT2D eigenvalue weighted by atomic mass is 16.5. The Morgan fingerprint density at radius 3 is 2.46 bits per heavy atom. The van der Waals surface area contributed by atoms with Crippen molar-refractivity contribution in [3.8, 4) is 23.3 Å². The van der Waals surface area contributed by atoms with E-state index < -0.39 is 0 Å². The lowest BCUT2D eigenvalue weighted by atomic mass is 10.2. The van der Waals surface area contributed by atoms with Crippen molar-refractivity contribution in [2.24, 2.45) is 5.92 Å². The van der Waals surface area contributed by atoms with Crippen molar-refractivity contribution >= 4 is 11.9 Å². The predicted octanol–water partition coefficient (Wildman–Crippen LogP) is 3.68. The van der Waals surface area contributed by atoms with Gasteiger partial charge < -0.3 is 4.52 Å². The molecule has 0 saturated heterocycles. The number of benzene rings is 2. The number of amides is 1. The standard InChI is InChI=1S/C21H17N3O2/c25-19(14-13-16-11-12-16)24(15-17-7-3-1-4-8-17)21-22-20(26-23-21)18-9-5-2-6-10-18/h1-10,16H,11-12,15H2. The topological polar surface area (TPSA) is 59.2 Å². The number of nitrogens with zero attached hydrogens (tertiary/aromatic N) is 3. The van der Waals surface area contributed by atoms with Gasteiger partial charge in [-0.1, -0.05) is 54.5 Å². The summed E-state index contributed by atoms with van der Waals surface area (Å²) < 4.78 is 5.35. The summed E-state index contributed by atoms with van der Waals surface area (Å²) in [6.45, 7) is 0.340. The molecule has 3 aromatic rings. The maximum absolute atomic E-state index is 12.7. The zero-order valence-corrected chi connectivity index (χ0v) is 14.1. The Morgan fingerprint density at radius 2 is 1.77 bits per heavy atom. The first-order valence-corrected chi connectivity index (χ1v) is 8.56. The van der Waals surface area contributed by atoms with Gasteiger partial charge in [-0.2, -0.15) is 4.98 Å². The Labute approximate surface area is 151 Å². The van der Waals surface area contributed by atoms with E-state index in [4.69, 9.17) is 4.52 Å². The molecule has 128 valence electrons. The van der Waals surface area contributed by atoms with Crippen molar-refractivity contribution in [1.82, 2.24) is 10.1 Å². The summed E-state index contributed by atoms with van der Waals surface area (Å²) in [5.41, 5.74) is 1.78.